The molecule has 0 atom stereocenters. The van der Waals surface area contributed by atoms with Crippen molar-refractivity contribution < 1.29 is 24.3 Å². The standard InChI is InChI=1S/C18H23BO5/c1-3-22-18(23-4-2)16-11-10-15(12-17(16)19(20)21)24-13-14-8-6-5-7-9-14/h5-12,18,20-21H,3-4,13H2,1-2H3. The Morgan fingerprint density at radius 1 is 0.958 bits per heavy atom. The van der Waals surface area contributed by atoms with Crippen LogP contribution in [0.1, 0.15) is 31.3 Å². The second-order valence-corrected chi connectivity index (χ2v) is 5.18. The van der Waals surface area contributed by atoms with Crippen molar-refractivity contribution in [3.8, 4) is 5.75 Å². The van der Waals surface area contributed by atoms with Crippen LogP contribution in [0.5, 0.6) is 5.75 Å². The molecule has 0 aliphatic heterocycles. The predicted molar refractivity (Wildman–Crippen MR) is 93.0 cm³/mol. The van der Waals surface area contributed by atoms with Gasteiger partial charge in [-0.1, -0.05) is 36.4 Å². The van der Waals surface area contributed by atoms with Crippen molar-refractivity contribution in [1.82, 2.24) is 0 Å². The summed E-state index contributed by atoms with van der Waals surface area (Å²) in [5.74, 6) is 0.553. The third-order valence-corrected chi connectivity index (χ3v) is 3.47. The zero-order valence-corrected chi connectivity index (χ0v) is 14.0. The molecule has 128 valence electrons. The van der Waals surface area contributed by atoms with Crippen LogP contribution < -0.4 is 10.2 Å². The molecule has 0 saturated heterocycles. The van der Waals surface area contributed by atoms with Crippen molar-refractivity contribution in [2.24, 2.45) is 0 Å². The maximum absolute atomic E-state index is 9.69. The molecule has 0 aliphatic rings. The zero-order valence-electron chi connectivity index (χ0n) is 14.0. The summed E-state index contributed by atoms with van der Waals surface area (Å²) in [5.41, 5.74) is 1.93. The van der Waals surface area contributed by atoms with Crippen LogP contribution in [-0.2, 0) is 16.1 Å². The fourth-order valence-electron chi connectivity index (χ4n) is 2.35. The van der Waals surface area contributed by atoms with Crippen molar-refractivity contribution in [3.63, 3.8) is 0 Å². The van der Waals surface area contributed by atoms with Gasteiger partial charge in [0.05, 0.1) is 0 Å². The first-order valence-corrected chi connectivity index (χ1v) is 8.05. The summed E-state index contributed by atoms with van der Waals surface area (Å²) >= 11 is 0. The Kier molecular flexibility index (Phi) is 7.27. The van der Waals surface area contributed by atoms with Crippen LogP contribution in [0.25, 0.3) is 0 Å². The van der Waals surface area contributed by atoms with Gasteiger partial charge in [0, 0.05) is 18.8 Å². The molecule has 0 heterocycles. The first kappa shape index (κ1) is 18.5. The monoisotopic (exact) mass is 330 g/mol. The van der Waals surface area contributed by atoms with E-state index in [2.05, 4.69) is 0 Å². The predicted octanol–water partition coefficient (Wildman–Crippen LogP) is 2.02. The van der Waals surface area contributed by atoms with Gasteiger partial charge in [-0.2, -0.15) is 0 Å². The summed E-state index contributed by atoms with van der Waals surface area (Å²) in [6.45, 7) is 5.04. The van der Waals surface area contributed by atoms with Crippen LogP contribution in [0.4, 0.5) is 0 Å². The van der Waals surface area contributed by atoms with Gasteiger partial charge in [-0.15, -0.1) is 0 Å². The molecule has 2 N–H and O–H groups in total. The normalized spacial score (nSPS) is 10.9. The minimum Gasteiger partial charge on any atom is -0.489 e. The molecule has 0 aliphatic carbocycles. The zero-order chi connectivity index (χ0) is 17.4. The lowest BCUT2D eigenvalue weighted by atomic mass is 9.76. The Bertz CT molecular complexity index is 612. The third kappa shape index (κ3) is 5.07. The Morgan fingerprint density at radius 2 is 1.62 bits per heavy atom. The summed E-state index contributed by atoms with van der Waals surface area (Å²) in [6.07, 6.45) is -0.639. The van der Waals surface area contributed by atoms with E-state index < -0.39 is 13.4 Å². The number of benzene rings is 2. The first-order valence-electron chi connectivity index (χ1n) is 8.05. The highest BCUT2D eigenvalue weighted by Gasteiger charge is 2.23. The van der Waals surface area contributed by atoms with E-state index in [0.717, 1.165) is 5.56 Å². The van der Waals surface area contributed by atoms with E-state index in [4.69, 9.17) is 14.2 Å². The van der Waals surface area contributed by atoms with Gasteiger partial charge in [-0.3, -0.25) is 0 Å². The lowest BCUT2D eigenvalue weighted by Gasteiger charge is -2.21. The molecule has 0 fully saturated rings. The summed E-state index contributed by atoms with van der Waals surface area (Å²) in [5, 5.41) is 19.4. The van der Waals surface area contributed by atoms with E-state index in [1.807, 2.05) is 44.2 Å². The Hall–Kier alpha value is -1.86. The maximum Gasteiger partial charge on any atom is 0.489 e. The molecule has 0 bridgehead atoms. The molecular formula is C18H23BO5. The lowest BCUT2D eigenvalue weighted by molar-refractivity contribution is -0.139. The molecule has 5 nitrogen and oxygen atoms in total. The molecule has 0 spiro atoms. The number of hydrogen-bond acceptors (Lipinski definition) is 5. The number of ether oxygens (including phenoxy) is 3. The molecule has 0 radical (unpaired) electrons. The second kappa shape index (κ2) is 9.44. The smallest absolute Gasteiger partial charge is 0.489 e. The molecule has 2 aromatic rings. The topological polar surface area (TPSA) is 68.2 Å². The summed E-state index contributed by atoms with van der Waals surface area (Å²) in [7, 11) is -1.64. The molecule has 6 heteroatoms. The van der Waals surface area contributed by atoms with Crippen LogP contribution in [0.3, 0.4) is 0 Å². The van der Waals surface area contributed by atoms with Crippen molar-refractivity contribution in [1.29, 1.82) is 0 Å². The molecule has 0 aromatic heterocycles. The van der Waals surface area contributed by atoms with Gasteiger partial charge in [-0.05, 0) is 37.0 Å². The van der Waals surface area contributed by atoms with Crippen LogP contribution in [-0.4, -0.2) is 30.4 Å². The molecular weight excluding hydrogens is 307 g/mol. The Morgan fingerprint density at radius 3 is 2.21 bits per heavy atom. The van der Waals surface area contributed by atoms with Crippen molar-refractivity contribution in [2.75, 3.05) is 13.2 Å². The second-order valence-electron chi connectivity index (χ2n) is 5.18. The van der Waals surface area contributed by atoms with Crippen LogP contribution in [0, 0.1) is 0 Å². The molecule has 0 saturated carbocycles. The largest absolute Gasteiger partial charge is 0.489 e. The average Bonchev–Trinajstić information content (AvgIpc) is 2.60. The molecule has 24 heavy (non-hydrogen) atoms. The Balaban J connectivity index is 2.19. The van der Waals surface area contributed by atoms with Gasteiger partial charge < -0.3 is 24.3 Å². The first-order chi connectivity index (χ1) is 11.7. The lowest BCUT2D eigenvalue weighted by Crippen LogP contribution is -2.35. The van der Waals surface area contributed by atoms with E-state index in [9.17, 15) is 10.0 Å². The van der Waals surface area contributed by atoms with E-state index in [-0.39, 0.29) is 0 Å². The molecule has 0 amide bonds. The average molecular weight is 330 g/mol. The fraction of sp³-hybridized carbons (Fsp3) is 0.333. The van der Waals surface area contributed by atoms with Crippen molar-refractivity contribution >= 4 is 12.6 Å². The highest BCUT2D eigenvalue weighted by atomic mass is 16.7. The quantitative estimate of drug-likeness (QED) is 0.544. The van der Waals surface area contributed by atoms with Crippen LogP contribution >= 0.6 is 0 Å². The van der Waals surface area contributed by atoms with Gasteiger partial charge in [0.25, 0.3) is 0 Å². The van der Waals surface area contributed by atoms with Gasteiger partial charge in [-0.25, -0.2) is 0 Å². The van der Waals surface area contributed by atoms with Crippen LogP contribution in [0.2, 0.25) is 0 Å². The molecule has 2 rings (SSSR count). The SMILES string of the molecule is CCOC(OCC)c1ccc(OCc2ccccc2)cc1B(O)O. The fourth-order valence-corrected chi connectivity index (χ4v) is 2.35. The van der Waals surface area contributed by atoms with Crippen LogP contribution in [0.15, 0.2) is 48.5 Å². The van der Waals surface area contributed by atoms with Gasteiger partial charge in [0.2, 0.25) is 0 Å². The third-order valence-electron chi connectivity index (χ3n) is 3.47. The van der Waals surface area contributed by atoms with E-state index in [0.29, 0.717) is 36.6 Å². The van der Waals surface area contributed by atoms with E-state index >= 15 is 0 Å². The van der Waals surface area contributed by atoms with Crippen molar-refractivity contribution in [2.45, 2.75) is 26.7 Å². The summed E-state index contributed by atoms with van der Waals surface area (Å²) < 4.78 is 16.8. The van der Waals surface area contributed by atoms with Gasteiger partial charge >= 0.3 is 7.12 Å². The minimum absolute atomic E-state index is 0.312. The Labute approximate surface area is 142 Å². The maximum atomic E-state index is 9.69. The minimum atomic E-state index is -1.64. The number of rotatable bonds is 9. The van der Waals surface area contributed by atoms with Gasteiger partial charge in [0.15, 0.2) is 6.29 Å². The van der Waals surface area contributed by atoms with Crippen molar-refractivity contribution in [3.05, 3.63) is 59.7 Å². The highest BCUT2D eigenvalue weighted by molar-refractivity contribution is 6.59. The molecule has 2 aromatic carbocycles. The number of hydrogen-bond donors (Lipinski definition) is 2. The van der Waals surface area contributed by atoms with E-state index in [1.54, 1.807) is 18.2 Å². The highest BCUT2D eigenvalue weighted by Crippen LogP contribution is 2.21. The summed E-state index contributed by atoms with van der Waals surface area (Å²) in [4.78, 5) is 0. The summed E-state index contributed by atoms with van der Waals surface area (Å²) in [6, 6.07) is 14.9. The molecule has 0 unspecified atom stereocenters. The van der Waals surface area contributed by atoms with Gasteiger partial charge in [0.1, 0.15) is 12.4 Å². The van der Waals surface area contributed by atoms with E-state index in [1.165, 1.54) is 0 Å².